The van der Waals surface area contributed by atoms with Gasteiger partial charge in [0.15, 0.2) is 0 Å². The van der Waals surface area contributed by atoms with Gasteiger partial charge in [-0.3, -0.25) is 0 Å². The third kappa shape index (κ3) is 4.04. The number of piperidine rings is 1. The molecule has 0 saturated carbocycles. The van der Waals surface area contributed by atoms with Crippen LogP contribution in [0.1, 0.15) is 42.4 Å². The van der Waals surface area contributed by atoms with Crippen LogP contribution in [0.5, 0.6) is 5.88 Å². The number of ether oxygens (including phenoxy) is 1. The zero-order chi connectivity index (χ0) is 20.6. The lowest BCUT2D eigenvalue weighted by atomic mass is 9.71. The van der Waals surface area contributed by atoms with Gasteiger partial charge in [0, 0.05) is 27.4 Å². The van der Waals surface area contributed by atoms with Crippen LogP contribution >= 0.6 is 15.9 Å². The Balaban J connectivity index is 1.94. The van der Waals surface area contributed by atoms with Gasteiger partial charge in [-0.05, 0) is 63.1 Å². The molecule has 2 N–H and O–H groups in total. The molecule has 152 valence electrons. The van der Waals surface area contributed by atoms with E-state index in [2.05, 4.69) is 71.5 Å². The molecule has 0 aliphatic carbocycles. The number of benzene rings is 2. The van der Waals surface area contributed by atoms with Gasteiger partial charge in [-0.25, -0.2) is 4.98 Å². The molecule has 3 atom stereocenters. The van der Waals surface area contributed by atoms with E-state index in [1.54, 1.807) is 7.11 Å². The third-order valence-electron chi connectivity index (χ3n) is 5.93. The molecule has 1 aliphatic heterocycles. The Morgan fingerprint density at radius 1 is 1.21 bits per heavy atom. The van der Waals surface area contributed by atoms with Crippen molar-refractivity contribution in [2.24, 2.45) is 0 Å². The molecule has 1 aliphatic rings. The first-order chi connectivity index (χ1) is 13.9. The number of pyridine rings is 1. The lowest BCUT2D eigenvalue weighted by Gasteiger charge is -2.42. The normalized spacial score (nSPS) is 23.1. The number of aryl methyl sites for hydroxylation is 1. The summed E-state index contributed by atoms with van der Waals surface area (Å²) in [7, 11) is 1.65. The lowest BCUT2D eigenvalue weighted by Crippen LogP contribution is -2.50. The van der Waals surface area contributed by atoms with Gasteiger partial charge in [0.05, 0.1) is 18.2 Å². The van der Waals surface area contributed by atoms with Crippen LogP contribution in [0, 0.1) is 6.92 Å². The monoisotopic (exact) mass is 454 g/mol. The SMILES string of the molecule is COc1nc2ccc(Br)cc2cc1C(c1ccc(C)cc1)C1(O)CCNC(C)C1. The minimum Gasteiger partial charge on any atom is -0.481 e. The summed E-state index contributed by atoms with van der Waals surface area (Å²) in [6.45, 7) is 4.99. The van der Waals surface area contributed by atoms with E-state index in [4.69, 9.17) is 9.72 Å². The summed E-state index contributed by atoms with van der Waals surface area (Å²) >= 11 is 3.56. The van der Waals surface area contributed by atoms with Gasteiger partial charge in [-0.1, -0.05) is 45.8 Å². The average Bonchev–Trinajstić information content (AvgIpc) is 2.68. The Hall–Kier alpha value is -1.95. The molecule has 4 nitrogen and oxygen atoms in total. The fourth-order valence-corrected chi connectivity index (χ4v) is 4.93. The number of fused-ring (bicyclic) bond motifs is 1. The van der Waals surface area contributed by atoms with Crippen LogP contribution in [0.2, 0.25) is 0 Å². The van der Waals surface area contributed by atoms with Crippen molar-refractivity contribution in [3.05, 3.63) is 69.7 Å². The van der Waals surface area contributed by atoms with Crippen LogP contribution in [-0.2, 0) is 0 Å². The molecular weight excluding hydrogens is 428 g/mol. The number of aromatic nitrogens is 1. The fraction of sp³-hybridized carbons (Fsp3) is 0.375. The van der Waals surface area contributed by atoms with Gasteiger partial charge >= 0.3 is 0 Å². The average molecular weight is 455 g/mol. The zero-order valence-corrected chi connectivity index (χ0v) is 18.7. The Labute approximate surface area is 180 Å². The predicted molar refractivity (Wildman–Crippen MR) is 121 cm³/mol. The van der Waals surface area contributed by atoms with Crippen molar-refractivity contribution in [1.29, 1.82) is 0 Å². The van der Waals surface area contributed by atoms with Crippen LogP contribution in [0.15, 0.2) is 53.0 Å². The molecule has 5 heteroatoms. The number of methoxy groups -OCH3 is 1. The highest BCUT2D eigenvalue weighted by molar-refractivity contribution is 9.10. The fourth-order valence-electron chi connectivity index (χ4n) is 4.56. The molecule has 0 amide bonds. The maximum absolute atomic E-state index is 11.9. The van der Waals surface area contributed by atoms with E-state index >= 15 is 0 Å². The summed E-state index contributed by atoms with van der Waals surface area (Å²) in [4.78, 5) is 4.77. The first-order valence-electron chi connectivity index (χ1n) is 10.1. The molecule has 3 unspecified atom stereocenters. The first kappa shape index (κ1) is 20.3. The third-order valence-corrected chi connectivity index (χ3v) is 6.43. The van der Waals surface area contributed by atoms with Crippen molar-refractivity contribution < 1.29 is 9.84 Å². The van der Waals surface area contributed by atoms with Gasteiger partial charge in [0.1, 0.15) is 0 Å². The summed E-state index contributed by atoms with van der Waals surface area (Å²) in [6, 6.07) is 16.8. The Morgan fingerprint density at radius 3 is 2.66 bits per heavy atom. The highest BCUT2D eigenvalue weighted by Crippen LogP contribution is 2.45. The van der Waals surface area contributed by atoms with Crippen LogP contribution in [-0.4, -0.2) is 35.4 Å². The lowest BCUT2D eigenvalue weighted by molar-refractivity contribution is -0.0169. The minimum atomic E-state index is -0.880. The minimum absolute atomic E-state index is 0.224. The van der Waals surface area contributed by atoms with Crippen LogP contribution in [0.25, 0.3) is 10.9 Å². The van der Waals surface area contributed by atoms with E-state index in [9.17, 15) is 5.11 Å². The van der Waals surface area contributed by atoms with E-state index in [1.165, 1.54) is 5.56 Å². The summed E-state index contributed by atoms with van der Waals surface area (Å²) < 4.78 is 6.73. The van der Waals surface area contributed by atoms with Crippen LogP contribution in [0.4, 0.5) is 0 Å². The molecule has 1 aromatic heterocycles. The van der Waals surface area contributed by atoms with E-state index < -0.39 is 5.60 Å². The van der Waals surface area contributed by atoms with E-state index in [1.807, 2.05) is 12.1 Å². The maximum atomic E-state index is 11.9. The second kappa shape index (κ2) is 8.05. The quantitative estimate of drug-likeness (QED) is 0.585. The second-order valence-electron chi connectivity index (χ2n) is 8.18. The molecule has 1 fully saturated rings. The van der Waals surface area contributed by atoms with Crippen LogP contribution < -0.4 is 10.1 Å². The Kier molecular flexibility index (Phi) is 5.65. The number of nitrogens with one attached hydrogen (secondary N) is 1. The number of hydrogen-bond acceptors (Lipinski definition) is 4. The molecule has 0 radical (unpaired) electrons. The predicted octanol–water partition coefficient (Wildman–Crippen LogP) is 4.95. The van der Waals surface area contributed by atoms with Crippen molar-refractivity contribution in [1.82, 2.24) is 10.3 Å². The molecule has 0 bridgehead atoms. The number of nitrogens with zero attached hydrogens (tertiary/aromatic N) is 1. The number of rotatable bonds is 4. The Bertz CT molecular complexity index is 1020. The van der Waals surface area contributed by atoms with Crippen molar-refractivity contribution in [3.63, 3.8) is 0 Å². The first-order valence-corrected chi connectivity index (χ1v) is 10.9. The van der Waals surface area contributed by atoms with E-state index in [-0.39, 0.29) is 12.0 Å². The second-order valence-corrected chi connectivity index (χ2v) is 9.10. The number of halogens is 1. The molecule has 2 aromatic carbocycles. The van der Waals surface area contributed by atoms with Gasteiger partial charge in [0.25, 0.3) is 0 Å². The smallest absolute Gasteiger partial charge is 0.217 e. The molecule has 29 heavy (non-hydrogen) atoms. The van der Waals surface area contributed by atoms with E-state index in [0.29, 0.717) is 18.7 Å². The molecule has 0 spiro atoms. The van der Waals surface area contributed by atoms with Crippen molar-refractivity contribution >= 4 is 26.8 Å². The molecule has 1 saturated heterocycles. The van der Waals surface area contributed by atoms with Crippen LogP contribution in [0.3, 0.4) is 0 Å². The van der Waals surface area contributed by atoms with Gasteiger partial charge in [0.2, 0.25) is 5.88 Å². The highest BCUT2D eigenvalue weighted by Gasteiger charge is 2.43. The zero-order valence-electron chi connectivity index (χ0n) is 17.1. The molecule has 3 aromatic rings. The summed E-state index contributed by atoms with van der Waals surface area (Å²) in [5, 5.41) is 16.4. The van der Waals surface area contributed by atoms with Crippen molar-refractivity contribution in [3.8, 4) is 5.88 Å². The van der Waals surface area contributed by atoms with Gasteiger partial charge in [-0.15, -0.1) is 0 Å². The van der Waals surface area contributed by atoms with Crippen molar-refractivity contribution in [2.45, 2.75) is 44.2 Å². The standard InChI is InChI=1S/C24H27BrN2O2/c1-15-4-6-17(7-5-15)22(24(28)10-11-26-16(2)14-24)20-13-18-12-19(25)8-9-21(18)27-23(20)29-3/h4-9,12-13,16,22,26,28H,10-11,14H2,1-3H3. The summed E-state index contributed by atoms with van der Waals surface area (Å²) in [5.74, 6) is 0.350. The molecular formula is C24H27BrN2O2. The Morgan fingerprint density at radius 2 is 1.97 bits per heavy atom. The summed E-state index contributed by atoms with van der Waals surface area (Å²) in [6.07, 6.45) is 1.35. The largest absolute Gasteiger partial charge is 0.481 e. The van der Waals surface area contributed by atoms with Crippen molar-refractivity contribution in [2.75, 3.05) is 13.7 Å². The topological polar surface area (TPSA) is 54.4 Å². The maximum Gasteiger partial charge on any atom is 0.217 e. The number of hydrogen-bond donors (Lipinski definition) is 2. The number of aliphatic hydroxyl groups is 1. The van der Waals surface area contributed by atoms with Gasteiger partial charge in [-0.2, -0.15) is 0 Å². The van der Waals surface area contributed by atoms with E-state index in [0.717, 1.165) is 33.0 Å². The molecule has 2 heterocycles. The highest BCUT2D eigenvalue weighted by atomic mass is 79.9. The summed E-state index contributed by atoms with van der Waals surface area (Å²) in [5.41, 5.74) is 3.21. The molecule has 4 rings (SSSR count). The van der Waals surface area contributed by atoms with Gasteiger partial charge < -0.3 is 15.2 Å².